The van der Waals surface area contributed by atoms with Crippen LogP contribution < -0.4 is 33.8 Å². The van der Waals surface area contributed by atoms with Gasteiger partial charge in [-0.1, -0.05) is 11.3 Å². The van der Waals surface area contributed by atoms with E-state index in [-0.39, 0.29) is 17.7 Å². The molecule has 244 valence electrons. The molecule has 0 bridgehead atoms. The normalized spacial score (nSPS) is 14.6. The molecule has 0 fully saturated rings. The summed E-state index contributed by atoms with van der Waals surface area (Å²) >= 11 is 4.15. The second-order valence-electron chi connectivity index (χ2n) is 10.1. The van der Waals surface area contributed by atoms with Crippen molar-refractivity contribution in [2.45, 2.75) is 36.2 Å². The monoisotopic (exact) mass is 693 g/mol. The van der Waals surface area contributed by atoms with Crippen molar-refractivity contribution in [2.75, 3.05) is 34.5 Å². The quantitative estimate of drug-likeness (QED) is 0.162. The lowest BCUT2D eigenvalue weighted by Gasteiger charge is -2.26. The SMILES string of the molecule is CCOC(=O)C1=C(C)N=c2s/c(=C\c3ccc(Sc4nc5ccc(OCC)cc5s4)o3)c(=O)n2[C@H]1c1cc(OC)c(OC)c(OC)c1. The fourth-order valence-electron chi connectivity index (χ4n) is 5.23. The molecule has 1 atom stereocenters. The molecule has 14 heteroatoms. The highest BCUT2D eigenvalue weighted by Gasteiger charge is 2.34. The van der Waals surface area contributed by atoms with E-state index in [1.165, 1.54) is 49.0 Å². The molecule has 2 aromatic carbocycles. The van der Waals surface area contributed by atoms with Crippen LogP contribution in [0.15, 0.2) is 77.4 Å². The Balaban J connectivity index is 1.39. The van der Waals surface area contributed by atoms with Crippen molar-refractivity contribution in [1.29, 1.82) is 0 Å². The third-order valence-corrected chi connectivity index (χ3v) is 10.2. The summed E-state index contributed by atoms with van der Waals surface area (Å²) in [6.45, 7) is 6.15. The third-order valence-electron chi connectivity index (χ3n) is 7.23. The van der Waals surface area contributed by atoms with E-state index in [0.29, 0.717) is 55.3 Å². The molecule has 1 aliphatic heterocycles. The number of ether oxygens (including phenoxy) is 5. The third kappa shape index (κ3) is 6.27. The predicted octanol–water partition coefficient (Wildman–Crippen LogP) is 5.58. The van der Waals surface area contributed by atoms with Crippen molar-refractivity contribution in [2.24, 2.45) is 4.99 Å². The average Bonchev–Trinajstić information content (AvgIpc) is 3.76. The Bertz CT molecular complexity index is 2170. The second kappa shape index (κ2) is 13.7. The Morgan fingerprint density at radius 1 is 1.02 bits per heavy atom. The Morgan fingerprint density at radius 2 is 1.79 bits per heavy atom. The molecule has 47 heavy (non-hydrogen) atoms. The van der Waals surface area contributed by atoms with E-state index in [4.69, 9.17) is 33.1 Å². The number of hydrogen-bond donors (Lipinski definition) is 0. The predicted molar refractivity (Wildman–Crippen MR) is 180 cm³/mol. The van der Waals surface area contributed by atoms with Gasteiger partial charge in [-0.05, 0) is 80.6 Å². The lowest BCUT2D eigenvalue weighted by Crippen LogP contribution is -2.40. The molecule has 0 aliphatic carbocycles. The van der Waals surface area contributed by atoms with Gasteiger partial charge in [0.1, 0.15) is 11.5 Å². The molecule has 0 saturated heterocycles. The lowest BCUT2D eigenvalue weighted by atomic mass is 9.95. The number of carbonyl (C=O) groups is 1. The summed E-state index contributed by atoms with van der Waals surface area (Å²) in [4.78, 5) is 37.2. The van der Waals surface area contributed by atoms with Crippen LogP contribution >= 0.6 is 34.4 Å². The van der Waals surface area contributed by atoms with Gasteiger partial charge >= 0.3 is 5.97 Å². The van der Waals surface area contributed by atoms with E-state index in [1.807, 2.05) is 31.2 Å². The molecule has 11 nitrogen and oxygen atoms in total. The highest BCUT2D eigenvalue weighted by Crippen LogP contribution is 2.42. The van der Waals surface area contributed by atoms with Gasteiger partial charge in [-0.15, -0.1) is 11.3 Å². The van der Waals surface area contributed by atoms with Crippen molar-refractivity contribution in [3.05, 3.63) is 84.7 Å². The molecular formula is C33H31N3O8S3. The number of esters is 1. The van der Waals surface area contributed by atoms with Crippen LogP contribution in [0.25, 0.3) is 16.3 Å². The molecule has 0 radical (unpaired) electrons. The molecular weight excluding hydrogens is 663 g/mol. The van der Waals surface area contributed by atoms with Gasteiger partial charge in [0.2, 0.25) is 5.75 Å². The number of nitrogens with zero attached hydrogens (tertiary/aromatic N) is 3. The first kappa shape index (κ1) is 32.4. The summed E-state index contributed by atoms with van der Waals surface area (Å²) in [6.07, 6.45) is 1.68. The van der Waals surface area contributed by atoms with Gasteiger partial charge < -0.3 is 28.1 Å². The molecule has 5 aromatic rings. The van der Waals surface area contributed by atoms with Crippen LogP contribution in [0.4, 0.5) is 0 Å². The number of hydrogen-bond acceptors (Lipinski definition) is 13. The molecule has 0 unspecified atom stereocenters. The van der Waals surface area contributed by atoms with Gasteiger partial charge in [0.05, 0.1) is 66.6 Å². The zero-order valence-electron chi connectivity index (χ0n) is 26.4. The second-order valence-corrected chi connectivity index (χ2v) is 13.4. The fourth-order valence-corrected chi connectivity index (χ4v) is 8.26. The number of benzene rings is 2. The van der Waals surface area contributed by atoms with Crippen molar-refractivity contribution in [1.82, 2.24) is 9.55 Å². The van der Waals surface area contributed by atoms with Crippen molar-refractivity contribution < 1.29 is 32.9 Å². The Labute approximate surface area is 281 Å². The highest BCUT2D eigenvalue weighted by atomic mass is 32.2. The number of allylic oxidation sites excluding steroid dienone is 1. The van der Waals surface area contributed by atoms with E-state index in [0.717, 1.165) is 20.3 Å². The van der Waals surface area contributed by atoms with E-state index in [1.54, 1.807) is 49.5 Å². The average molecular weight is 694 g/mol. The molecule has 3 aromatic heterocycles. The smallest absolute Gasteiger partial charge is 0.338 e. The fraction of sp³-hybridized carbons (Fsp3) is 0.273. The molecule has 6 rings (SSSR count). The first-order valence-electron chi connectivity index (χ1n) is 14.6. The van der Waals surface area contributed by atoms with Gasteiger partial charge in [-0.3, -0.25) is 9.36 Å². The van der Waals surface area contributed by atoms with Crippen molar-refractivity contribution >= 4 is 56.7 Å². The first-order valence-corrected chi connectivity index (χ1v) is 17.0. The Hall–Kier alpha value is -4.53. The van der Waals surface area contributed by atoms with Gasteiger partial charge in [-0.25, -0.2) is 14.8 Å². The van der Waals surface area contributed by atoms with Crippen LogP contribution in [0.3, 0.4) is 0 Å². The maximum absolute atomic E-state index is 14.1. The maximum atomic E-state index is 14.1. The summed E-state index contributed by atoms with van der Waals surface area (Å²) in [5.74, 6) is 1.87. The number of rotatable bonds is 11. The number of carbonyl (C=O) groups excluding carboxylic acids is 1. The minimum absolute atomic E-state index is 0.159. The van der Waals surface area contributed by atoms with Crippen LogP contribution in [-0.4, -0.2) is 50.1 Å². The topological polar surface area (TPSA) is 124 Å². The Morgan fingerprint density at radius 3 is 2.47 bits per heavy atom. The van der Waals surface area contributed by atoms with Crippen molar-refractivity contribution in [3.63, 3.8) is 0 Å². The summed E-state index contributed by atoms with van der Waals surface area (Å²) < 4.78 is 37.5. The molecule has 4 heterocycles. The number of furan rings is 1. The van der Waals surface area contributed by atoms with E-state index < -0.39 is 12.0 Å². The molecule has 0 N–H and O–H groups in total. The lowest BCUT2D eigenvalue weighted by molar-refractivity contribution is -0.139. The highest BCUT2D eigenvalue weighted by molar-refractivity contribution is 8.01. The minimum Gasteiger partial charge on any atom is -0.494 e. The standard InChI is InChI=1S/C33H31N3O8S3/c1-7-42-19-9-11-21-24(15-19)46-33(35-21)47-26-12-10-20(44-26)16-25-30(37)36-28(18-13-22(39-4)29(41-6)23(14-18)40-5)27(31(38)43-8-2)17(3)34-32(36)45-25/h9-16,28H,7-8H2,1-6H3/b25-16-/t28-/m0/s1. The number of aromatic nitrogens is 2. The van der Waals surface area contributed by atoms with E-state index in [9.17, 15) is 9.59 Å². The number of thiazole rings is 2. The van der Waals surface area contributed by atoms with Gasteiger partial charge in [0.25, 0.3) is 5.56 Å². The van der Waals surface area contributed by atoms with Crippen LogP contribution in [-0.2, 0) is 9.53 Å². The van der Waals surface area contributed by atoms with Crippen LogP contribution in [0.5, 0.6) is 23.0 Å². The van der Waals surface area contributed by atoms with E-state index >= 15 is 0 Å². The van der Waals surface area contributed by atoms with Gasteiger partial charge in [0, 0.05) is 6.08 Å². The minimum atomic E-state index is -0.869. The summed E-state index contributed by atoms with van der Waals surface area (Å²) in [7, 11) is 4.52. The van der Waals surface area contributed by atoms with Gasteiger partial charge in [0.15, 0.2) is 25.7 Å². The number of methoxy groups -OCH3 is 3. The summed E-state index contributed by atoms with van der Waals surface area (Å²) in [5.41, 5.74) is 1.78. The maximum Gasteiger partial charge on any atom is 0.338 e. The first-order chi connectivity index (χ1) is 22.8. The summed E-state index contributed by atoms with van der Waals surface area (Å²) in [6, 6.07) is 12.0. The van der Waals surface area contributed by atoms with Crippen LogP contribution in [0.1, 0.15) is 38.1 Å². The number of fused-ring (bicyclic) bond motifs is 2. The Kier molecular flexibility index (Phi) is 9.43. The van der Waals surface area contributed by atoms with Crippen LogP contribution in [0.2, 0.25) is 0 Å². The summed E-state index contributed by atoms with van der Waals surface area (Å²) in [5, 5.41) is 0.629. The van der Waals surface area contributed by atoms with Gasteiger partial charge in [-0.2, -0.15) is 0 Å². The molecule has 0 spiro atoms. The van der Waals surface area contributed by atoms with Crippen LogP contribution in [0, 0.1) is 0 Å². The zero-order chi connectivity index (χ0) is 33.2. The molecule has 1 aliphatic rings. The van der Waals surface area contributed by atoms with Crippen molar-refractivity contribution in [3.8, 4) is 23.0 Å². The molecule has 0 saturated carbocycles. The largest absolute Gasteiger partial charge is 0.494 e. The van der Waals surface area contributed by atoms with E-state index in [2.05, 4.69) is 4.99 Å². The molecule has 0 amide bonds. The zero-order valence-corrected chi connectivity index (χ0v) is 28.9.